The number of nitrogens with zero attached hydrogens (tertiary/aromatic N) is 2. The molecule has 0 bridgehead atoms. The molecule has 0 aromatic heterocycles. The summed E-state index contributed by atoms with van der Waals surface area (Å²) in [5, 5.41) is 11.4. The van der Waals surface area contributed by atoms with Crippen LogP contribution in [0.2, 0.25) is 0 Å². The third-order valence-corrected chi connectivity index (χ3v) is 5.96. The van der Waals surface area contributed by atoms with Crippen LogP contribution in [0.3, 0.4) is 0 Å². The van der Waals surface area contributed by atoms with Crippen molar-refractivity contribution in [3.05, 3.63) is 94.5 Å². The number of nitro benzene ring substituents is 1. The number of hydrogen-bond donors (Lipinski definition) is 0. The molecule has 28 heavy (non-hydrogen) atoms. The Morgan fingerprint density at radius 1 is 0.929 bits per heavy atom. The third kappa shape index (κ3) is 3.81. The number of methoxy groups -OCH3 is 1. The van der Waals surface area contributed by atoms with Crippen molar-refractivity contribution in [2.45, 2.75) is 11.4 Å². The van der Waals surface area contributed by atoms with Crippen molar-refractivity contribution in [1.29, 1.82) is 0 Å². The molecule has 0 heterocycles. The highest BCUT2D eigenvalue weighted by molar-refractivity contribution is 7.93. The fraction of sp³-hybridized carbons (Fsp3) is 0.100. The van der Waals surface area contributed by atoms with Crippen molar-refractivity contribution in [2.24, 2.45) is 0 Å². The summed E-state index contributed by atoms with van der Waals surface area (Å²) in [5.41, 5.74) is 0.554. The number of anilines is 1. The third-order valence-electron chi connectivity index (χ3n) is 4.15. The molecule has 0 aliphatic carbocycles. The van der Waals surface area contributed by atoms with Gasteiger partial charge < -0.3 is 4.74 Å². The molecular formula is C20H18N2O5S. The minimum absolute atomic E-state index is 0.00437. The summed E-state index contributed by atoms with van der Waals surface area (Å²) in [7, 11) is -2.81. The fourth-order valence-corrected chi connectivity index (χ4v) is 4.45. The van der Waals surface area contributed by atoms with Crippen LogP contribution in [-0.2, 0) is 16.6 Å². The molecule has 144 valence electrons. The summed E-state index contributed by atoms with van der Waals surface area (Å²) >= 11 is 0. The van der Waals surface area contributed by atoms with Crippen LogP contribution in [0, 0.1) is 10.1 Å². The summed E-state index contributed by atoms with van der Waals surface area (Å²) in [5.74, 6) is 0.348. The van der Waals surface area contributed by atoms with Crippen LogP contribution < -0.4 is 9.04 Å². The van der Waals surface area contributed by atoms with Gasteiger partial charge in [-0.25, -0.2) is 8.42 Å². The first-order valence-electron chi connectivity index (χ1n) is 8.38. The molecule has 0 fully saturated rings. The first kappa shape index (κ1) is 19.4. The molecule has 0 spiro atoms. The first-order chi connectivity index (χ1) is 13.4. The largest absolute Gasteiger partial charge is 0.495 e. The number of para-hydroxylation sites is 3. The van der Waals surface area contributed by atoms with Gasteiger partial charge in [-0.15, -0.1) is 0 Å². The second-order valence-corrected chi connectivity index (χ2v) is 7.72. The topological polar surface area (TPSA) is 89.8 Å². The number of hydrogen-bond acceptors (Lipinski definition) is 5. The molecule has 0 radical (unpaired) electrons. The normalized spacial score (nSPS) is 11.0. The van der Waals surface area contributed by atoms with Crippen molar-refractivity contribution in [3.63, 3.8) is 0 Å². The fourth-order valence-electron chi connectivity index (χ4n) is 2.83. The second kappa shape index (κ2) is 8.10. The highest BCUT2D eigenvalue weighted by Gasteiger charge is 2.33. The van der Waals surface area contributed by atoms with E-state index in [2.05, 4.69) is 0 Å². The average molecular weight is 398 g/mol. The molecule has 0 unspecified atom stereocenters. The average Bonchev–Trinajstić information content (AvgIpc) is 2.72. The van der Waals surface area contributed by atoms with Crippen LogP contribution in [0.25, 0.3) is 0 Å². The molecule has 0 amide bonds. The zero-order chi connectivity index (χ0) is 20.1. The Labute approximate surface area is 163 Å². The van der Waals surface area contributed by atoms with E-state index < -0.39 is 20.6 Å². The van der Waals surface area contributed by atoms with Crippen molar-refractivity contribution in [1.82, 2.24) is 0 Å². The van der Waals surface area contributed by atoms with Gasteiger partial charge in [0.25, 0.3) is 15.7 Å². The minimum atomic E-state index is -4.25. The predicted octanol–water partition coefficient (Wildman–Crippen LogP) is 4.00. The van der Waals surface area contributed by atoms with Gasteiger partial charge in [-0.05, 0) is 23.8 Å². The van der Waals surface area contributed by atoms with Crippen molar-refractivity contribution in [3.8, 4) is 5.75 Å². The lowest BCUT2D eigenvalue weighted by Gasteiger charge is -2.26. The minimum Gasteiger partial charge on any atom is -0.495 e. The zero-order valence-electron chi connectivity index (χ0n) is 15.1. The van der Waals surface area contributed by atoms with Gasteiger partial charge in [0.2, 0.25) is 0 Å². The standard InChI is InChI=1S/C20H18N2O5S/c1-27-19-13-7-5-11-17(19)21(15-16-9-3-2-4-10-16)28(25,26)20-14-8-6-12-18(20)22(23)24/h2-14H,15H2,1H3. The maximum absolute atomic E-state index is 13.5. The summed E-state index contributed by atoms with van der Waals surface area (Å²) < 4.78 is 33.5. The summed E-state index contributed by atoms with van der Waals surface area (Å²) in [4.78, 5) is 10.3. The number of benzene rings is 3. The molecule has 3 rings (SSSR count). The molecule has 0 saturated heterocycles. The lowest BCUT2D eigenvalue weighted by Crippen LogP contribution is -2.31. The van der Waals surface area contributed by atoms with E-state index >= 15 is 0 Å². The summed E-state index contributed by atoms with van der Waals surface area (Å²) in [6.07, 6.45) is 0. The van der Waals surface area contributed by atoms with E-state index in [0.717, 1.165) is 9.87 Å². The summed E-state index contributed by atoms with van der Waals surface area (Å²) in [6.45, 7) is -0.00437. The van der Waals surface area contributed by atoms with Crippen LogP contribution in [0.15, 0.2) is 83.8 Å². The van der Waals surface area contributed by atoms with Crippen LogP contribution in [0.1, 0.15) is 5.56 Å². The molecular weight excluding hydrogens is 380 g/mol. The molecule has 3 aromatic carbocycles. The maximum Gasteiger partial charge on any atom is 0.289 e. The smallest absolute Gasteiger partial charge is 0.289 e. The second-order valence-electron chi connectivity index (χ2n) is 5.89. The Balaban J connectivity index is 2.20. The number of sulfonamides is 1. The van der Waals surface area contributed by atoms with E-state index in [-0.39, 0.29) is 11.4 Å². The molecule has 0 saturated carbocycles. The highest BCUT2D eigenvalue weighted by atomic mass is 32.2. The van der Waals surface area contributed by atoms with E-state index in [9.17, 15) is 18.5 Å². The Morgan fingerprint density at radius 2 is 1.54 bits per heavy atom. The molecule has 0 atom stereocenters. The van der Waals surface area contributed by atoms with Crippen LogP contribution in [0.5, 0.6) is 5.75 Å². The van der Waals surface area contributed by atoms with Gasteiger partial charge in [0.05, 0.1) is 24.3 Å². The van der Waals surface area contributed by atoms with Gasteiger partial charge in [-0.2, -0.15) is 0 Å². The Morgan fingerprint density at radius 3 is 2.21 bits per heavy atom. The molecule has 0 N–H and O–H groups in total. The quantitative estimate of drug-likeness (QED) is 0.443. The number of rotatable bonds is 7. The van der Waals surface area contributed by atoms with E-state index in [0.29, 0.717) is 11.4 Å². The van der Waals surface area contributed by atoms with E-state index in [1.165, 1.54) is 31.4 Å². The summed E-state index contributed by atoms with van der Waals surface area (Å²) in [6, 6.07) is 21.0. The molecule has 3 aromatic rings. The molecule has 8 heteroatoms. The molecule has 7 nitrogen and oxygen atoms in total. The van der Waals surface area contributed by atoms with Crippen LogP contribution in [0.4, 0.5) is 11.4 Å². The SMILES string of the molecule is COc1ccccc1N(Cc1ccccc1)S(=O)(=O)c1ccccc1[N+](=O)[O-]. The first-order valence-corrected chi connectivity index (χ1v) is 9.82. The van der Waals surface area contributed by atoms with Gasteiger partial charge in [0.1, 0.15) is 5.75 Å². The predicted molar refractivity (Wildman–Crippen MR) is 106 cm³/mol. The van der Waals surface area contributed by atoms with E-state index in [4.69, 9.17) is 4.74 Å². The number of nitro groups is 1. The Kier molecular flexibility index (Phi) is 5.60. The van der Waals surface area contributed by atoms with E-state index in [1.54, 1.807) is 48.5 Å². The maximum atomic E-state index is 13.5. The number of ether oxygens (including phenoxy) is 1. The van der Waals surface area contributed by atoms with Crippen LogP contribution in [-0.4, -0.2) is 20.5 Å². The molecule has 0 aliphatic rings. The van der Waals surface area contributed by atoms with Gasteiger partial charge in [0, 0.05) is 6.07 Å². The Hall–Kier alpha value is -3.39. The lowest BCUT2D eigenvalue weighted by atomic mass is 10.2. The van der Waals surface area contributed by atoms with Crippen molar-refractivity contribution < 1.29 is 18.1 Å². The van der Waals surface area contributed by atoms with Crippen molar-refractivity contribution in [2.75, 3.05) is 11.4 Å². The van der Waals surface area contributed by atoms with Gasteiger partial charge >= 0.3 is 0 Å². The zero-order valence-corrected chi connectivity index (χ0v) is 15.9. The van der Waals surface area contributed by atoms with Gasteiger partial charge in [-0.1, -0.05) is 54.6 Å². The molecule has 0 aliphatic heterocycles. The Bertz CT molecular complexity index is 1080. The van der Waals surface area contributed by atoms with Crippen LogP contribution >= 0.6 is 0 Å². The lowest BCUT2D eigenvalue weighted by molar-refractivity contribution is -0.387. The van der Waals surface area contributed by atoms with E-state index in [1.807, 2.05) is 6.07 Å². The van der Waals surface area contributed by atoms with Gasteiger partial charge in [-0.3, -0.25) is 14.4 Å². The van der Waals surface area contributed by atoms with Crippen molar-refractivity contribution >= 4 is 21.4 Å². The monoisotopic (exact) mass is 398 g/mol. The highest BCUT2D eigenvalue weighted by Crippen LogP contribution is 2.35. The van der Waals surface area contributed by atoms with Gasteiger partial charge in [0.15, 0.2) is 4.90 Å².